The molecule has 0 spiro atoms. The number of phenols is 7. The lowest BCUT2D eigenvalue weighted by molar-refractivity contribution is -0.276. The number of hydrogen-bond acceptors (Lipinski definition) is 15. The van der Waals surface area contributed by atoms with E-state index in [9.17, 15) is 61.0 Å². The van der Waals surface area contributed by atoms with Crippen LogP contribution in [0.5, 0.6) is 51.7 Å². The lowest BCUT2D eigenvalue weighted by atomic mass is 9.98. The van der Waals surface area contributed by atoms with Crippen molar-refractivity contribution in [3.05, 3.63) is 58.8 Å². The maximum absolute atomic E-state index is 12.8. The van der Waals surface area contributed by atoms with E-state index in [0.717, 1.165) is 30.3 Å². The fourth-order valence-corrected chi connectivity index (χ4v) is 4.72. The Morgan fingerprint density at radius 2 is 1.48 bits per heavy atom. The van der Waals surface area contributed by atoms with E-state index >= 15 is 0 Å². The van der Waals surface area contributed by atoms with Crippen molar-refractivity contribution >= 4 is 12.0 Å². The number of phenolic OH excluding ortho intramolecular Hbond substituents is 7. The fraction of sp³-hybridized carbons (Fsp3) is 0.250. The number of ether oxygens (including phenoxy) is 4. The Morgan fingerprint density at radius 3 is 2.14 bits per heavy atom. The first kappa shape index (κ1) is 30.2. The minimum atomic E-state index is -1.97. The van der Waals surface area contributed by atoms with Crippen LogP contribution in [0.2, 0.25) is 0 Å². The Hall–Kier alpha value is -5.29. The van der Waals surface area contributed by atoms with Crippen molar-refractivity contribution < 1.29 is 79.9 Å². The van der Waals surface area contributed by atoms with Gasteiger partial charge in [-0.25, -0.2) is 4.79 Å². The zero-order valence-electron chi connectivity index (χ0n) is 22.2. The van der Waals surface area contributed by atoms with Gasteiger partial charge in [0.25, 0.3) is 11.9 Å². The lowest BCUT2D eigenvalue weighted by Gasteiger charge is -2.41. The molecule has 16 nitrogen and oxygen atoms in total. The van der Waals surface area contributed by atoms with Crippen LogP contribution in [0.15, 0.2) is 42.2 Å². The SMILES string of the molecule is O=C(O[C@H]1[C@H](Oc2cc(C3[OH+]c4cc(O)cc(O)c4C=C3O)cc(O)c2O)O[C@H](CO)[C@H](O)[C@@H]1O)c1cc(O)c(O)c(O)c1. The van der Waals surface area contributed by atoms with Gasteiger partial charge >= 0.3 is 5.97 Å². The van der Waals surface area contributed by atoms with E-state index in [0.29, 0.717) is 0 Å². The Kier molecular flexibility index (Phi) is 7.83. The summed E-state index contributed by atoms with van der Waals surface area (Å²) in [4.78, 5) is 12.8. The highest BCUT2D eigenvalue weighted by atomic mass is 16.7. The van der Waals surface area contributed by atoms with Crippen LogP contribution in [0.25, 0.3) is 6.08 Å². The van der Waals surface area contributed by atoms with E-state index in [1.54, 1.807) is 0 Å². The molecule has 3 aromatic carbocycles. The molecule has 3 aromatic rings. The van der Waals surface area contributed by atoms with Gasteiger partial charge in [-0.3, -0.25) is 0 Å². The van der Waals surface area contributed by atoms with Gasteiger partial charge < -0.3 is 75.1 Å². The van der Waals surface area contributed by atoms with Gasteiger partial charge in [-0.05, 0) is 24.3 Å². The van der Waals surface area contributed by atoms with Gasteiger partial charge in [0.15, 0.2) is 40.6 Å². The van der Waals surface area contributed by atoms with Crippen LogP contribution in [0.1, 0.15) is 27.6 Å². The normalized spacial score (nSPS) is 24.5. The van der Waals surface area contributed by atoms with Crippen LogP contribution < -0.4 is 4.74 Å². The van der Waals surface area contributed by atoms with E-state index in [1.165, 1.54) is 12.1 Å². The van der Waals surface area contributed by atoms with E-state index < -0.39 is 95.2 Å². The number of fused-ring (bicyclic) bond motifs is 1. The van der Waals surface area contributed by atoms with Crippen molar-refractivity contribution in [2.75, 3.05) is 6.61 Å². The molecule has 1 unspecified atom stereocenters. The van der Waals surface area contributed by atoms with Crippen molar-refractivity contribution in [1.82, 2.24) is 0 Å². The van der Waals surface area contributed by atoms with Crippen molar-refractivity contribution in [2.24, 2.45) is 0 Å². The van der Waals surface area contributed by atoms with Gasteiger partial charge in [0.2, 0.25) is 12.0 Å². The number of aliphatic hydroxyl groups excluding tert-OH is 4. The summed E-state index contributed by atoms with van der Waals surface area (Å²) in [5, 5.41) is 111. The summed E-state index contributed by atoms with van der Waals surface area (Å²) in [5.41, 5.74) is -0.381. The van der Waals surface area contributed by atoms with Crippen molar-refractivity contribution in [1.29, 1.82) is 0 Å². The summed E-state index contributed by atoms with van der Waals surface area (Å²) in [6, 6.07) is 5.88. The molecule has 1 saturated heterocycles. The molecule has 6 atom stereocenters. The number of aliphatic hydroxyl groups is 5. The van der Waals surface area contributed by atoms with Crippen LogP contribution in [0.4, 0.5) is 0 Å². The molecule has 44 heavy (non-hydrogen) atoms. The summed E-state index contributed by atoms with van der Waals surface area (Å²) in [6.45, 7) is -0.839. The lowest BCUT2D eigenvalue weighted by Crippen LogP contribution is -2.61. The molecule has 0 aromatic heterocycles. The van der Waals surface area contributed by atoms with E-state index in [-0.39, 0.29) is 28.4 Å². The van der Waals surface area contributed by atoms with Gasteiger partial charge in [-0.15, -0.1) is 0 Å². The number of carbonyl (C=O) groups is 1. The van der Waals surface area contributed by atoms with E-state index in [2.05, 4.69) is 4.74 Å². The van der Waals surface area contributed by atoms with Crippen molar-refractivity contribution in [3.63, 3.8) is 0 Å². The molecular weight excluding hydrogens is 592 g/mol. The number of benzene rings is 3. The zero-order chi connectivity index (χ0) is 32.0. The average molecular weight is 620 g/mol. The molecule has 12 N–H and O–H groups in total. The summed E-state index contributed by atoms with van der Waals surface area (Å²) in [5.74, 6) is -7.17. The second kappa shape index (κ2) is 11.4. The van der Waals surface area contributed by atoms with Crippen LogP contribution >= 0.6 is 0 Å². The topological polar surface area (TPSA) is 280 Å². The fourth-order valence-electron chi connectivity index (χ4n) is 4.72. The third-order valence-electron chi connectivity index (χ3n) is 6.97. The quantitative estimate of drug-likeness (QED) is 0.102. The minimum absolute atomic E-state index is 0.0104. The van der Waals surface area contributed by atoms with E-state index in [1.807, 2.05) is 0 Å². The third kappa shape index (κ3) is 5.45. The maximum Gasteiger partial charge on any atom is 0.339 e. The van der Waals surface area contributed by atoms with Gasteiger partial charge in [-0.2, -0.15) is 0 Å². The number of aromatic hydroxyl groups is 8. The largest absolute Gasteiger partial charge is 0.571 e. The monoisotopic (exact) mass is 619 g/mol. The first-order valence-corrected chi connectivity index (χ1v) is 12.8. The van der Waals surface area contributed by atoms with Crippen LogP contribution in [-0.4, -0.2) is 104 Å². The molecule has 2 aliphatic rings. The first-order chi connectivity index (χ1) is 20.8. The zero-order valence-corrected chi connectivity index (χ0v) is 22.2. The molecule has 0 amide bonds. The first-order valence-electron chi connectivity index (χ1n) is 12.8. The number of carbonyl (C=O) groups excluding carboxylic acids is 1. The Bertz CT molecular complexity index is 1610. The molecule has 5 rings (SSSR count). The Balaban J connectivity index is 1.47. The highest BCUT2D eigenvalue weighted by Gasteiger charge is 2.48. The number of rotatable bonds is 6. The summed E-state index contributed by atoms with van der Waals surface area (Å²) < 4.78 is 20.7. The standard InChI is InChI=1S/C28H26O16/c29-8-20-23(38)24(39)26(44-27(40)10-2-14(32)21(36)15(33)3-10)28(43-20)42-19-4-9(1-16(34)22(19)37)25-17(35)7-12-13(31)5-11(30)6-18(12)41-25/h1-7,20,23-26,28-39H,8H2/p+1/t20-,23+,24+,25?,26-,28-/m1/s1. The van der Waals surface area contributed by atoms with Crippen LogP contribution in [0.3, 0.4) is 0 Å². The van der Waals surface area contributed by atoms with Gasteiger partial charge in [0.05, 0.1) is 23.8 Å². The minimum Gasteiger partial charge on any atom is -0.571 e. The Morgan fingerprint density at radius 1 is 0.818 bits per heavy atom. The highest BCUT2D eigenvalue weighted by molar-refractivity contribution is 5.91. The molecule has 1 fully saturated rings. The summed E-state index contributed by atoms with van der Waals surface area (Å²) in [7, 11) is 0. The molecule has 2 aliphatic heterocycles. The molecule has 2 heterocycles. The van der Waals surface area contributed by atoms with Crippen molar-refractivity contribution in [2.45, 2.75) is 36.8 Å². The van der Waals surface area contributed by atoms with E-state index in [4.69, 9.17) is 14.2 Å². The summed E-state index contributed by atoms with van der Waals surface area (Å²) >= 11 is 0. The van der Waals surface area contributed by atoms with Gasteiger partial charge in [-0.1, -0.05) is 0 Å². The average Bonchev–Trinajstić information content (AvgIpc) is 2.97. The number of esters is 1. The van der Waals surface area contributed by atoms with Crippen LogP contribution in [-0.2, 0) is 9.47 Å². The second-order valence-electron chi connectivity index (χ2n) is 9.94. The second-order valence-corrected chi connectivity index (χ2v) is 9.94. The molecule has 0 bridgehead atoms. The molecule has 0 saturated carbocycles. The van der Waals surface area contributed by atoms with Crippen molar-refractivity contribution in [3.8, 4) is 51.7 Å². The molecule has 16 heteroatoms. The predicted octanol–water partition coefficient (Wildman–Crippen LogP) is 0.564. The predicted molar refractivity (Wildman–Crippen MR) is 144 cm³/mol. The molecular formula is C28H27O16+. The van der Waals surface area contributed by atoms with Gasteiger partial charge in [0, 0.05) is 12.1 Å². The maximum atomic E-state index is 12.8. The highest BCUT2D eigenvalue weighted by Crippen LogP contribution is 2.47. The van der Waals surface area contributed by atoms with Gasteiger partial charge in [0.1, 0.15) is 35.4 Å². The smallest absolute Gasteiger partial charge is 0.339 e. The molecule has 0 aliphatic carbocycles. The summed E-state index contributed by atoms with van der Waals surface area (Å²) in [6.07, 6.45) is -9.11. The Labute approximate surface area is 246 Å². The van der Waals surface area contributed by atoms with Crippen LogP contribution in [0, 0.1) is 0 Å². The molecule has 0 radical (unpaired) electrons. The number of hydrogen-bond donors (Lipinski definition) is 11. The molecule has 234 valence electrons. The third-order valence-corrected chi connectivity index (χ3v) is 6.97.